The predicted octanol–water partition coefficient (Wildman–Crippen LogP) is 0.208. The smallest absolute Gasteiger partial charge is 0.132 e. The Bertz CT molecular complexity index is 169. The van der Waals surface area contributed by atoms with Crippen LogP contribution in [0.4, 0.5) is 0 Å². The zero-order valence-electron chi connectivity index (χ0n) is 6.84. The molecule has 1 aliphatic carbocycles. The molecule has 1 rings (SSSR count). The molecule has 0 saturated heterocycles. The van der Waals surface area contributed by atoms with Crippen molar-refractivity contribution in [2.75, 3.05) is 0 Å². The highest BCUT2D eigenvalue weighted by Gasteiger charge is 2.36. The number of hydrogen-bond acceptors (Lipinski definition) is 3. The first kappa shape index (κ1) is 8.68. The van der Waals surface area contributed by atoms with Crippen molar-refractivity contribution >= 4 is 5.78 Å². The summed E-state index contributed by atoms with van der Waals surface area (Å²) in [6.45, 7) is 1.50. The summed E-state index contributed by atoms with van der Waals surface area (Å²) in [5, 5.41) is 9.73. The Balaban J connectivity index is 2.48. The van der Waals surface area contributed by atoms with E-state index in [1.165, 1.54) is 6.92 Å². The minimum atomic E-state index is -0.786. The standard InChI is InChI=1S/C8H15NO2/c1-6(10)4-8(11)3-2-7(9)5-8/h7,11H,2-5,9H2,1H3. The van der Waals surface area contributed by atoms with Crippen molar-refractivity contribution in [2.45, 2.75) is 44.2 Å². The molecule has 2 atom stereocenters. The summed E-state index contributed by atoms with van der Waals surface area (Å²) in [6.07, 6.45) is 2.35. The van der Waals surface area contributed by atoms with Crippen LogP contribution in [0, 0.1) is 0 Å². The number of rotatable bonds is 2. The van der Waals surface area contributed by atoms with E-state index in [1.54, 1.807) is 0 Å². The normalized spacial score (nSPS) is 37.5. The topological polar surface area (TPSA) is 63.3 Å². The Kier molecular flexibility index (Phi) is 2.30. The van der Waals surface area contributed by atoms with Crippen molar-refractivity contribution in [2.24, 2.45) is 5.73 Å². The fourth-order valence-corrected chi connectivity index (χ4v) is 1.77. The summed E-state index contributed by atoms with van der Waals surface area (Å²) < 4.78 is 0. The van der Waals surface area contributed by atoms with Crippen LogP contribution in [0.5, 0.6) is 0 Å². The Labute approximate surface area is 66.6 Å². The zero-order valence-corrected chi connectivity index (χ0v) is 6.84. The summed E-state index contributed by atoms with van der Waals surface area (Å²) in [6, 6.07) is 0.0827. The Hall–Kier alpha value is -0.410. The van der Waals surface area contributed by atoms with Gasteiger partial charge in [0, 0.05) is 12.5 Å². The number of hydrogen-bond donors (Lipinski definition) is 2. The average Bonchev–Trinajstić information content (AvgIpc) is 2.08. The van der Waals surface area contributed by atoms with Crippen LogP contribution in [0.3, 0.4) is 0 Å². The van der Waals surface area contributed by atoms with E-state index in [-0.39, 0.29) is 18.2 Å². The van der Waals surface area contributed by atoms with Crippen molar-refractivity contribution in [3.8, 4) is 0 Å². The molecule has 0 aromatic rings. The SMILES string of the molecule is CC(=O)CC1(O)CCC(N)C1. The molecule has 0 aliphatic heterocycles. The molecule has 0 spiro atoms. The van der Waals surface area contributed by atoms with Crippen molar-refractivity contribution < 1.29 is 9.90 Å². The number of aliphatic hydroxyl groups is 1. The number of ketones is 1. The third-order valence-electron chi connectivity index (χ3n) is 2.20. The molecule has 3 nitrogen and oxygen atoms in total. The van der Waals surface area contributed by atoms with Crippen molar-refractivity contribution in [3.63, 3.8) is 0 Å². The van der Waals surface area contributed by atoms with Gasteiger partial charge in [-0.2, -0.15) is 0 Å². The number of carbonyl (C=O) groups is 1. The molecule has 3 heteroatoms. The molecule has 0 amide bonds. The molecule has 0 radical (unpaired) electrons. The highest BCUT2D eigenvalue weighted by molar-refractivity contribution is 5.76. The molecule has 0 aromatic heterocycles. The molecule has 1 fully saturated rings. The zero-order chi connectivity index (χ0) is 8.48. The van der Waals surface area contributed by atoms with E-state index >= 15 is 0 Å². The van der Waals surface area contributed by atoms with Gasteiger partial charge in [-0.15, -0.1) is 0 Å². The van der Waals surface area contributed by atoms with Gasteiger partial charge < -0.3 is 10.8 Å². The van der Waals surface area contributed by atoms with Gasteiger partial charge in [0.25, 0.3) is 0 Å². The lowest BCUT2D eigenvalue weighted by molar-refractivity contribution is -0.121. The van der Waals surface area contributed by atoms with Crippen molar-refractivity contribution in [1.29, 1.82) is 0 Å². The monoisotopic (exact) mass is 157 g/mol. The van der Waals surface area contributed by atoms with Gasteiger partial charge in [0.2, 0.25) is 0 Å². The van der Waals surface area contributed by atoms with Crippen LogP contribution < -0.4 is 5.73 Å². The fourth-order valence-electron chi connectivity index (χ4n) is 1.77. The van der Waals surface area contributed by atoms with E-state index in [9.17, 15) is 9.90 Å². The van der Waals surface area contributed by atoms with Gasteiger partial charge in [0.15, 0.2) is 0 Å². The van der Waals surface area contributed by atoms with Crippen molar-refractivity contribution in [3.05, 3.63) is 0 Å². The quantitative estimate of drug-likeness (QED) is 0.602. The highest BCUT2D eigenvalue weighted by atomic mass is 16.3. The highest BCUT2D eigenvalue weighted by Crippen LogP contribution is 2.31. The average molecular weight is 157 g/mol. The first-order valence-electron chi connectivity index (χ1n) is 3.99. The number of Topliss-reactive ketones (excluding diaryl/α,β-unsaturated/α-hetero) is 1. The maximum atomic E-state index is 10.7. The van der Waals surface area contributed by atoms with Crippen LogP contribution in [0.1, 0.15) is 32.6 Å². The number of nitrogens with two attached hydrogens (primary N) is 1. The van der Waals surface area contributed by atoms with E-state index < -0.39 is 5.60 Å². The van der Waals surface area contributed by atoms with Gasteiger partial charge in [-0.1, -0.05) is 0 Å². The van der Waals surface area contributed by atoms with Gasteiger partial charge in [-0.05, 0) is 26.2 Å². The molecule has 0 aromatic carbocycles. The van der Waals surface area contributed by atoms with E-state index in [2.05, 4.69) is 0 Å². The Morgan fingerprint density at radius 3 is 2.82 bits per heavy atom. The summed E-state index contributed by atoms with van der Waals surface area (Å²) in [5.41, 5.74) is 4.83. The van der Waals surface area contributed by atoms with Crippen molar-refractivity contribution in [1.82, 2.24) is 0 Å². The fraction of sp³-hybridized carbons (Fsp3) is 0.875. The second kappa shape index (κ2) is 2.91. The molecule has 11 heavy (non-hydrogen) atoms. The van der Waals surface area contributed by atoms with Crippen LogP contribution in [-0.2, 0) is 4.79 Å². The maximum Gasteiger partial charge on any atom is 0.132 e. The summed E-state index contributed by atoms with van der Waals surface area (Å²) in [5.74, 6) is 0.0431. The van der Waals surface area contributed by atoms with Crippen LogP contribution in [0.25, 0.3) is 0 Å². The van der Waals surface area contributed by atoms with E-state index in [0.717, 1.165) is 6.42 Å². The lowest BCUT2D eigenvalue weighted by Crippen LogP contribution is -2.29. The van der Waals surface area contributed by atoms with Crippen LogP contribution in [0.2, 0.25) is 0 Å². The second-order valence-electron chi connectivity index (χ2n) is 3.61. The maximum absolute atomic E-state index is 10.7. The second-order valence-corrected chi connectivity index (χ2v) is 3.61. The molecule has 0 heterocycles. The lowest BCUT2D eigenvalue weighted by Gasteiger charge is -2.20. The van der Waals surface area contributed by atoms with Crippen LogP contribution in [0.15, 0.2) is 0 Å². The first-order chi connectivity index (χ1) is 5.02. The molecule has 0 bridgehead atoms. The van der Waals surface area contributed by atoms with Gasteiger partial charge in [-0.25, -0.2) is 0 Å². The largest absolute Gasteiger partial charge is 0.389 e. The predicted molar refractivity (Wildman–Crippen MR) is 42.1 cm³/mol. The molecule has 3 N–H and O–H groups in total. The van der Waals surface area contributed by atoms with Gasteiger partial charge >= 0.3 is 0 Å². The molecule has 1 saturated carbocycles. The van der Waals surface area contributed by atoms with Gasteiger partial charge in [-0.3, -0.25) is 4.79 Å². The van der Waals surface area contributed by atoms with Gasteiger partial charge in [0.1, 0.15) is 5.78 Å². The summed E-state index contributed by atoms with van der Waals surface area (Å²) in [4.78, 5) is 10.7. The summed E-state index contributed by atoms with van der Waals surface area (Å²) in [7, 11) is 0. The minimum absolute atomic E-state index is 0.0431. The third kappa shape index (κ3) is 2.27. The molecule has 2 unspecified atom stereocenters. The number of carbonyl (C=O) groups excluding carboxylic acids is 1. The third-order valence-corrected chi connectivity index (χ3v) is 2.20. The Morgan fingerprint density at radius 2 is 2.45 bits per heavy atom. The van der Waals surface area contributed by atoms with E-state index in [0.29, 0.717) is 12.8 Å². The van der Waals surface area contributed by atoms with Crippen LogP contribution in [-0.4, -0.2) is 22.5 Å². The van der Waals surface area contributed by atoms with Gasteiger partial charge in [0.05, 0.1) is 5.60 Å². The summed E-state index contributed by atoms with van der Waals surface area (Å²) >= 11 is 0. The minimum Gasteiger partial charge on any atom is -0.389 e. The molecular formula is C8H15NO2. The van der Waals surface area contributed by atoms with E-state index in [1.807, 2.05) is 0 Å². The van der Waals surface area contributed by atoms with E-state index in [4.69, 9.17) is 5.73 Å². The molecule has 1 aliphatic rings. The molecule has 64 valence electrons. The lowest BCUT2D eigenvalue weighted by atomic mass is 9.96. The molecular weight excluding hydrogens is 142 g/mol. The van der Waals surface area contributed by atoms with Crippen LogP contribution >= 0.6 is 0 Å². The Morgan fingerprint density at radius 1 is 1.82 bits per heavy atom. The first-order valence-corrected chi connectivity index (χ1v) is 3.99.